The molecule has 0 heterocycles. The number of ether oxygens (including phenoxy) is 5. The molecule has 0 radical (unpaired) electrons. The molecular weight excluding hydrogens is 496 g/mol. The number of carbonyl (C=O) groups excluding carboxylic acids is 1. The highest BCUT2D eigenvalue weighted by atomic mass is 16.5. The van der Waals surface area contributed by atoms with Gasteiger partial charge in [0.1, 0.15) is 29.3 Å². The molecule has 202 valence electrons. The van der Waals surface area contributed by atoms with Crippen LogP contribution >= 0.6 is 0 Å². The summed E-state index contributed by atoms with van der Waals surface area (Å²) < 4.78 is 28.3. The summed E-state index contributed by atoms with van der Waals surface area (Å²) in [6.07, 6.45) is 2.17. The third-order valence-electron chi connectivity index (χ3n) is 6.52. The highest BCUT2D eigenvalue weighted by Gasteiger charge is 2.15. The second-order valence-corrected chi connectivity index (χ2v) is 8.82. The summed E-state index contributed by atoms with van der Waals surface area (Å²) in [5.41, 5.74) is 5.34. The van der Waals surface area contributed by atoms with E-state index in [4.69, 9.17) is 23.7 Å². The maximum atomic E-state index is 11.2. The van der Waals surface area contributed by atoms with E-state index in [0.29, 0.717) is 47.2 Å². The summed E-state index contributed by atoms with van der Waals surface area (Å²) in [7, 11) is 6.45. The van der Waals surface area contributed by atoms with Crippen molar-refractivity contribution in [3.8, 4) is 45.6 Å². The Kier molecular flexibility index (Phi) is 9.07. The summed E-state index contributed by atoms with van der Waals surface area (Å²) in [6, 6.07) is 22.4. The van der Waals surface area contributed by atoms with Crippen molar-refractivity contribution in [2.75, 3.05) is 28.4 Å². The molecule has 7 nitrogen and oxygen atoms in total. The van der Waals surface area contributed by atoms with Crippen LogP contribution in [0.2, 0.25) is 0 Å². The third-order valence-corrected chi connectivity index (χ3v) is 6.52. The summed E-state index contributed by atoms with van der Waals surface area (Å²) in [5.74, 6) is 3.68. The Bertz CT molecular complexity index is 1440. The van der Waals surface area contributed by atoms with Crippen LogP contribution in [0.3, 0.4) is 0 Å². The number of carbonyl (C=O) groups is 1. The SMILES string of the molecule is COc1ccc(-c2ccc(CO)cc2OC)c(CCc2ccc(Oc3cc(C=O)ccc3OC)cc2OC)c1. The zero-order valence-electron chi connectivity index (χ0n) is 22.5. The van der Waals surface area contributed by atoms with Gasteiger partial charge in [-0.15, -0.1) is 0 Å². The van der Waals surface area contributed by atoms with Gasteiger partial charge in [-0.3, -0.25) is 4.79 Å². The number of aliphatic hydroxyl groups excluding tert-OH is 1. The zero-order valence-corrected chi connectivity index (χ0v) is 22.5. The van der Waals surface area contributed by atoms with Crippen LogP contribution in [0.25, 0.3) is 11.1 Å². The van der Waals surface area contributed by atoms with Gasteiger partial charge in [0, 0.05) is 17.2 Å². The van der Waals surface area contributed by atoms with Gasteiger partial charge in [0.25, 0.3) is 0 Å². The molecule has 0 fully saturated rings. The van der Waals surface area contributed by atoms with Crippen molar-refractivity contribution in [2.24, 2.45) is 0 Å². The predicted molar refractivity (Wildman–Crippen MR) is 150 cm³/mol. The summed E-state index contributed by atoms with van der Waals surface area (Å²) in [6.45, 7) is -0.0546. The molecule has 0 unspecified atom stereocenters. The molecule has 0 saturated heterocycles. The molecule has 0 aliphatic heterocycles. The van der Waals surface area contributed by atoms with Crippen LogP contribution in [0.5, 0.6) is 34.5 Å². The van der Waals surface area contributed by atoms with Gasteiger partial charge in [0.15, 0.2) is 11.5 Å². The van der Waals surface area contributed by atoms with E-state index < -0.39 is 0 Å². The number of rotatable bonds is 12. The quantitative estimate of drug-likeness (QED) is 0.217. The molecule has 0 atom stereocenters. The van der Waals surface area contributed by atoms with Crippen molar-refractivity contribution in [3.05, 3.63) is 95.1 Å². The largest absolute Gasteiger partial charge is 0.497 e. The Hall–Kier alpha value is -4.49. The molecule has 4 aromatic rings. The summed E-state index contributed by atoms with van der Waals surface area (Å²) >= 11 is 0. The summed E-state index contributed by atoms with van der Waals surface area (Å²) in [4.78, 5) is 11.2. The van der Waals surface area contributed by atoms with Crippen LogP contribution in [-0.2, 0) is 19.4 Å². The van der Waals surface area contributed by atoms with E-state index >= 15 is 0 Å². The molecule has 39 heavy (non-hydrogen) atoms. The van der Waals surface area contributed by atoms with Crippen LogP contribution in [0.1, 0.15) is 27.0 Å². The van der Waals surface area contributed by atoms with E-state index in [1.165, 1.54) is 0 Å². The average Bonchev–Trinajstić information content (AvgIpc) is 2.99. The molecule has 7 heteroatoms. The average molecular weight is 529 g/mol. The molecule has 0 amide bonds. The highest BCUT2D eigenvalue weighted by molar-refractivity contribution is 5.76. The molecule has 0 saturated carbocycles. The van der Waals surface area contributed by atoms with Crippen LogP contribution in [0.15, 0.2) is 72.8 Å². The van der Waals surface area contributed by atoms with Crippen LogP contribution < -0.4 is 23.7 Å². The lowest BCUT2D eigenvalue weighted by atomic mass is 9.93. The minimum Gasteiger partial charge on any atom is -0.497 e. The number of benzene rings is 4. The van der Waals surface area contributed by atoms with Gasteiger partial charge in [0.2, 0.25) is 0 Å². The maximum absolute atomic E-state index is 11.2. The Morgan fingerprint density at radius 3 is 2.03 bits per heavy atom. The monoisotopic (exact) mass is 528 g/mol. The first kappa shape index (κ1) is 27.5. The topological polar surface area (TPSA) is 83.5 Å². The van der Waals surface area contributed by atoms with E-state index in [1.54, 1.807) is 46.6 Å². The van der Waals surface area contributed by atoms with E-state index in [9.17, 15) is 9.90 Å². The molecule has 4 rings (SSSR count). The fraction of sp³-hybridized carbons (Fsp3) is 0.219. The van der Waals surface area contributed by atoms with Crippen molar-refractivity contribution < 1.29 is 33.6 Å². The van der Waals surface area contributed by atoms with E-state index in [2.05, 4.69) is 0 Å². The fourth-order valence-electron chi connectivity index (χ4n) is 4.46. The molecular formula is C32H32O7. The molecule has 0 aliphatic carbocycles. The van der Waals surface area contributed by atoms with Crippen molar-refractivity contribution >= 4 is 6.29 Å². The van der Waals surface area contributed by atoms with Gasteiger partial charge in [-0.2, -0.15) is 0 Å². The number of methoxy groups -OCH3 is 4. The normalized spacial score (nSPS) is 10.6. The van der Waals surface area contributed by atoms with Crippen LogP contribution in [-0.4, -0.2) is 39.8 Å². The van der Waals surface area contributed by atoms with Gasteiger partial charge in [-0.25, -0.2) is 0 Å². The molecule has 1 N–H and O–H groups in total. The summed E-state index contributed by atoms with van der Waals surface area (Å²) in [5, 5.41) is 9.54. The van der Waals surface area contributed by atoms with Crippen molar-refractivity contribution in [1.29, 1.82) is 0 Å². The molecule has 0 aliphatic rings. The lowest BCUT2D eigenvalue weighted by Crippen LogP contribution is -2.00. The Balaban J connectivity index is 1.61. The first-order valence-corrected chi connectivity index (χ1v) is 12.5. The molecule has 0 bridgehead atoms. The second kappa shape index (κ2) is 12.8. The number of aryl methyl sites for hydroxylation is 2. The lowest BCUT2D eigenvalue weighted by molar-refractivity contribution is 0.112. The van der Waals surface area contributed by atoms with Crippen LogP contribution in [0.4, 0.5) is 0 Å². The minimum absolute atomic E-state index is 0.0546. The molecule has 0 aromatic heterocycles. The smallest absolute Gasteiger partial charge is 0.169 e. The highest BCUT2D eigenvalue weighted by Crippen LogP contribution is 2.37. The minimum atomic E-state index is -0.0546. The van der Waals surface area contributed by atoms with Crippen molar-refractivity contribution in [2.45, 2.75) is 19.4 Å². The number of hydrogen-bond acceptors (Lipinski definition) is 7. The van der Waals surface area contributed by atoms with Gasteiger partial charge < -0.3 is 28.8 Å². The van der Waals surface area contributed by atoms with Crippen molar-refractivity contribution in [1.82, 2.24) is 0 Å². The second-order valence-electron chi connectivity index (χ2n) is 8.82. The van der Waals surface area contributed by atoms with Gasteiger partial charge >= 0.3 is 0 Å². The fourth-order valence-corrected chi connectivity index (χ4v) is 4.46. The van der Waals surface area contributed by atoms with Crippen molar-refractivity contribution in [3.63, 3.8) is 0 Å². The van der Waals surface area contributed by atoms with E-state index in [1.807, 2.05) is 54.6 Å². The third kappa shape index (κ3) is 6.33. The lowest BCUT2D eigenvalue weighted by Gasteiger charge is -2.17. The number of aldehydes is 1. The first-order chi connectivity index (χ1) is 19.0. The zero-order chi connectivity index (χ0) is 27.8. The molecule has 0 spiro atoms. The number of hydrogen-bond donors (Lipinski definition) is 1. The van der Waals surface area contributed by atoms with Crippen LogP contribution in [0, 0.1) is 0 Å². The first-order valence-electron chi connectivity index (χ1n) is 12.5. The van der Waals surface area contributed by atoms with E-state index in [0.717, 1.165) is 39.9 Å². The predicted octanol–water partition coefficient (Wildman–Crippen LogP) is 6.27. The van der Waals surface area contributed by atoms with Gasteiger partial charge in [-0.05, 0) is 77.6 Å². The standard InChI is InChI=1S/C32H32O7/c1-35-25-11-13-27(28-12-5-21(19-33)15-31(28)38-4)24(17-25)8-7-23-9-10-26(18-30(23)37-3)39-32-16-22(20-34)6-14-29(32)36-2/h5-6,9-18,20,33H,7-8,19H2,1-4H3. The van der Waals surface area contributed by atoms with Gasteiger partial charge in [-0.1, -0.05) is 24.3 Å². The number of aliphatic hydroxyl groups is 1. The van der Waals surface area contributed by atoms with E-state index in [-0.39, 0.29) is 6.61 Å². The molecule has 4 aromatic carbocycles. The Morgan fingerprint density at radius 1 is 0.615 bits per heavy atom. The maximum Gasteiger partial charge on any atom is 0.169 e. The Labute approximate surface area is 228 Å². The Morgan fingerprint density at radius 2 is 1.33 bits per heavy atom. The van der Waals surface area contributed by atoms with Gasteiger partial charge in [0.05, 0.1) is 35.0 Å².